The van der Waals surface area contributed by atoms with Crippen molar-refractivity contribution >= 4 is 23.0 Å². The van der Waals surface area contributed by atoms with Crippen molar-refractivity contribution in [2.24, 2.45) is 0 Å². The molecule has 6 nitrogen and oxygen atoms in total. The largest absolute Gasteiger partial charge is 0.474 e. The Kier molecular flexibility index (Phi) is 6.02. The molecule has 0 atom stereocenters. The van der Waals surface area contributed by atoms with E-state index in [1.807, 2.05) is 54.6 Å². The van der Waals surface area contributed by atoms with E-state index in [0.29, 0.717) is 24.7 Å². The van der Waals surface area contributed by atoms with Gasteiger partial charge in [0.1, 0.15) is 6.10 Å². The van der Waals surface area contributed by atoms with Crippen LogP contribution >= 0.6 is 0 Å². The second-order valence-corrected chi connectivity index (χ2v) is 6.84. The second-order valence-electron chi connectivity index (χ2n) is 6.84. The summed E-state index contributed by atoms with van der Waals surface area (Å²) in [6.45, 7) is 1.43. The molecule has 0 spiro atoms. The standard InChI is InChI=1S/C23H23N3O3/c27-23(17-6-11-22(24-16-17)29-21-12-14-28-15-13-21)26-20-9-7-19(8-10-20)25-18-4-2-1-3-5-18/h1-11,16,21,25H,12-15H2,(H,26,27). The number of anilines is 3. The molecule has 1 aliphatic rings. The Morgan fingerprint density at radius 1 is 0.897 bits per heavy atom. The van der Waals surface area contributed by atoms with Crippen molar-refractivity contribution < 1.29 is 14.3 Å². The first kappa shape index (κ1) is 19.0. The molecule has 0 bridgehead atoms. The van der Waals surface area contributed by atoms with Crippen LogP contribution in [0.15, 0.2) is 72.9 Å². The first-order valence-corrected chi connectivity index (χ1v) is 9.70. The number of aromatic nitrogens is 1. The molecule has 1 saturated heterocycles. The van der Waals surface area contributed by atoms with E-state index in [9.17, 15) is 4.79 Å². The van der Waals surface area contributed by atoms with Gasteiger partial charge in [0.15, 0.2) is 0 Å². The number of rotatable bonds is 6. The number of nitrogens with one attached hydrogen (secondary N) is 2. The third-order valence-electron chi connectivity index (χ3n) is 4.66. The fourth-order valence-electron chi connectivity index (χ4n) is 3.08. The Bertz CT molecular complexity index is 922. The van der Waals surface area contributed by atoms with Crippen LogP contribution in [0.4, 0.5) is 17.1 Å². The molecule has 1 fully saturated rings. The van der Waals surface area contributed by atoms with Crippen molar-refractivity contribution in [2.75, 3.05) is 23.8 Å². The Morgan fingerprint density at radius 3 is 2.28 bits per heavy atom. The molecule has 2 aromatic carbocycles. The maximum atomic E-state index is 12.5. The summed E-state index contributed by atoms with van der Waals surface area (Å²) in [6, 6.07) is 20.9. The summed E-state index contributed by atoms with van der Waals surface area (Å²) in [6.07, 6.45) is 3.38. The number of pyridine rings is 1. The lowest BCUT2D eigenvalue weighted by molar-refractivity contribution is 0.0237. The molecule has 0 saturated carbocycles. The van der Waals surface area contributed by atoms with Gasteiger partial charge in [-0.15, -0.1) is 0 Å². The molecule has 0 unspecified atom stereocenters. The molecule has 2 heterocycles. The predicted molar refractivity (Wildman–Crippen MR) is 113 cm³/mol. The van der Waals surface area contributed by atoms with Crippen LogP contribution in [-0.4, -0.2) is 30.2 Å². The Hall–Kier alpha value is -3.38. The van der Waals surface area contributed by atoms with E-state index in [1.54, 1.807) is 12.1 Å². The molecule has 148 valence electrons. The highest BCUT2D eigenvalue weighted by Crippen LogP contribution is 2.20. The highest BCUT2D eigenvalue weighted by Gasteiger charge is 2.16. The van der Waals surface area contributed by atoms with Crippen LogP contribution in [-0.2, 0) is 4.74 Å². The van der Waals surface area contributed by atoms with Gasteiger partial charge in [-0.05, 0) is 42.5 Å². The summed E-state index contributed by atoms with van der Waals surface area (Å²) >= 11 is 0. The van der Waals surface area contributed by atoms with E-state index in [0.717, 1.165) is 29.9 Å². The molecule has 1 aliphatic heterocycles. The zero-order valence-electron chi connectivity index (χ0n) is 16.0. The van der Waals surface area contributed by atoms with Crippen molar-refractivity contribution in [3.05, 3.63) is 78.5 Å². The SMILES string of the molecule is O=C(Nc1ccc(Nc2ccccc2)cc1)c1ccc(OC2CCOCC2)nc1. The minimum Gasteiger partial charge on any atom is -0.474 e. The van der Waals surface area contributed by atoms with Crippen LogP contribution in [0.2, 0.25) is 0 Å². The van der Waals surface area contributed by atoms with Crippen molar-refractivity contribution in [3.8, 4) is 5.88 Å². The Balaban J connectivity index is 1.32. The minimum atomic E-state index is -0.209. The molecule has 0 aliphatic carbocycles. The number of carbonyl (C=O) groups excluding carboxylic acids is 1. The maximum absolute atomic E-state index is 12.5. The van der Waals surface area contributed by atoms with Crippen molar-refractivity contribution in [1.29, 1.82) is 0 Å². The van der Waals surface area contributed by atoms with Crippen LogP contribution in [0, 0.1) is 0 Å². The number of para-hydroxylation sites is 1. The van der Waals surface area contributed by atoms with Gasteiger partial charge in [0, 0.05) is 42.2 Å². The number of amides is 1. The minimum absolute atomic E-state index is 0.124. The number of hydrogen-bond donors (Lipinski definition) is 2. The van der Waals surface area contributed by atoms with E-state index >= 15 is 0 Å². The van der Waals surface area contributed by atoms with Gasteiger partial charge in [0.25, 0.3) is 5.91 Å². The van der Waals surface area contributed by atoms with Crippen LogP contribution in [0.25, 0.3) is 0 Å². The van der Waals surface area contributed by atoms with Crippen molar-refractivity contribution in [3.63, 3.8) is 0 Å². The molecule has 4 rings (SSSR count). The number of ether oxygens (including phenoxy) is 2. The van der Waals surface area contributed by atoms with E-state index in [4.69, 9.17) is 9.47 Å². The lowest BCUT2D eigenvalue weighted by Crippen LogP contribution is -2.26. The van der Waals surface area contributed by atoms with Crippen LogP contribution in [0.5, 0.6) is 5.88 Å². The highest BCUT2D eigenvalue weighted by molar-refractivity contribution is 6.04. The van der Waals surface area contributed by atoms with E-state index < -0.39 is 0 Å². The zero-order chi connectivity index (χ0) is 19.9. The summed E-state index contributed by atoms with van der Waals surface area (Å²) in [5.74, 6) is 0.323. The van der Waals surface area contributed by atoms with E-state index in [2.05, 4.69) is 15.6 Å². The van der Waals surface area contributed by atoms with Crippen LogP contribution in [0.1, 0.15) is 23.2 Å². The molecular formula is C23H23N3O3. The Labute approximate surface area is 169 Å². The van der Waals surface area contributed by atoms with Crippen LogP contribution in [0.3, 0.4) is 0 Å². The first-order chi connectivity index (χ1) is 14.3. The first-order valence-electron chi connectivity index (χ1n) is 9.70. The van der Waals surface area contributed by atoms with Gasteiger partial charge in [0.2, 0.25) is 5.88 Å². The van der Waals surface area contributed by atoms with E-state index in [1.165, 1.54) is 6.20 Å². The summed E-state index contributed by atoms with van der Waals surface area (Å²) < 4.78 is 11.2. The van der Waals surface area contributed by atoms with Crippen LogP contribution < -0.4 is 15.4 Å². The number of carbonyl (C=O) groups is 1. The molecule has 29 heavy (non-hydrogen) atoms. The average molecular weight is 389 g/mol. The third kappa shape index (κ3) is 5.33. The maximum Gasteiger partial charge on any atom is 0.257 e. The van der Waals surface area contributed by atoms with Gasteiger partial charge in [-0.1, -0.05) is 18.2 Å². The van der Waals surface area contributed by atoms with Gasteiger partial charge in [-0.3, -0.25) is 4.79 Å². The molecule has 1 amide bonds. The average Bonchev–Trinajstić information content (AvgIpc) is 2.77. The summed E-state index contributed by atoms with van der Waals surface area (Å²) in [5.41, 5.74) is 3.16. The molecule has 0 radical (unpaired) electrons. The smallest absolute Gasteiger partial charge is 0.257 e. The lowest BCUT2D eigenvalue weighted by Gasteiger charge is -2.22. The molecule has 1 aromatic heterocycles. The molecule has 6 heteroatoms. The number of nitrogens with zero attached hydrogens (tertiary/aromatic N) is 1. The van der Waals surface area contributed by atoms with Crippen molar-refractivity contribution in [2.45, 2.75) is 18.9 Å². The van der Waals surface area contributed by atoms with Gasteiger partial charge in [0.05, 0.1) is 18.8 Å². The van der Waals surface area contributed by atoms with Gasteiger partial charge in [-0.25, -0.2) is 4.98 Å². The summed E-state index contributed by atoms with van der Waals surface area (Å²) in [4.78, 5) is 16.7. The summed E-state index contributed by atoms with van der Waals surface area (Å²) in [5, 5.41) is 6.20. The normalized spacial score (nSPS) is 14.2. The van der Waals surface area contributed by atoms with Gasteiger partial charge in [-0.2, -0.15) is 0 Å². The zero-order valence-corrected chi connectivity index (χ0v) is 16.0. The highest BCUT2D eigenvalue weighted by atomic mass is 16.5. The molecule has 2 N–H and O–H groups in total. The second kappa shape index (κ2) is 9.21. The predicted octanol–water partition coefficient (Wildman–Crippen LogP) is 4.64. The molecule has 3 aromatic rings. The number of hydrogen-bond acceptors (Lipinski definition) is 5. The lowest BCUT2D eigenvalue weighted by atomic mass is 10.1. The van der Waals surface area contributed by atoms with Gasteiger partial charge < -0.3 is 20.1 Å². The molecular weight excluding hydrogens is 366 g/mol. The monoisotopic (exact) mass is 389 g/mol. The Morgan fingerprint density at radius 2 is 1.59 bits per heavy atom. The quantitative estimate of drug-likeness (QED) is 0.643. The van der Waals surface area contributed by atoms with Crippen molar-refractivity contribution in [1.82, 2.24) is 4.98 Å². The fraction of sp³-hybridized carbons (Fsp3) is 0.217. The fourth-order valence-corrected chi connectivity index (χ4v) is 3.08. The third-order valence-corrected chi connectivity index (χ3v) is 4.66. The topological polar surface area (TPSA) is 72.5 Å². The van der Waals surface area contributed by atoms with Gasteiger partial charge >= 0.3 is 0 Å². The number of benzene rings is 2. The summed E-state index contributed by atoms with van der Waals surface area (Å²) in [7, 11) is 0. The van der Waals surface area contributed by atoms with E-state index in [-0.39, 0.29) is 12.0 Å².